The summed E-state index contributed by atoms with van der Waals surface area (Å²) in [5.41, 5.74) is 1.24. The maximum Gasteiger partial charge on any atom is 0.161 e. The van der Waals surface area contributed by atoms with E-state index in [1.807, 2.05) is 12.1 Å². The zero-order valence-corrected chi connectivity index (χ0v) is 12.6. The first kappa shape index (κ1) is 14.5. The molecule has 0 saturated carbocycles. The van der Waals surface area contributed by atoms with Crippen molar-refractivity contribution in [3.8, 4) is 11.5 Å². The Morgan fingerprint density at radius 2 is 2.00 bits per heavy atom. The van der Waals surface area contributed by atoms with Gasteiger partial charge in [-0.2, -0.15) is 0 Å². The molecule has 1 fully saturated rings. The lowest BCUT2D eigenvalue weighted by Crippen LogP contribution is -2.33. The predicted molar refractivity (Wildman–Crippen MR) is 78.2 cm³/mol. The monoisotopic (exact) mass is 283 g/mol. The van der Waals surface area contributed by atoms with Crippen molar-refractivity contribution < 1.29 is 9.47 Å². The molecule has 1 aromatic rings. The lowest BCUT2D eigenvalue weighted by atomic mass is 10.0. The van der Waals surface area contributed by atoms with Crippen LogP contribution in [0.3, 0.4) is 0 Å². The van der Waals surface area contributed by atoms with Gasteiger partial charge in [0, 0.05) is 18.5 Å². The number of ether oxygens (including phenoxy) is 2. The molecule has 2 rings (SSSR count). The Balaban J connectivity index is 2.11. The number of hydrogen-bond acceptors (Lipinski definition) is 3. The fourth-order valence-corrected chi connectivity index (χ4v) is 3.25. The molecular formula is C15H22ClNO2. The molecule has 1 heterocycles. The molecule has 0 N–H and O–H groups in total. The van der Waals surface area contributed by atoms with Crippen LogP contribution in [0, 0.1) is 5.92 Å². The Morgan fingerprint density at radius 1 is 1.26 bits per heavy atom. The Hall–Kier alpha value is -0.930. The van der Waals surface area contributed by atoms with Crippen molar-refractivity contribution in [2.75, 3.05) is 26.6 Å². The van der Waals surface area contributed by atoms with Gasteiger partial charge in [-0.1, -0.05) is 13.0 Å². The SMILES string of the molecule is COc1ccc(CN2CCC(C)C2CCl)cc1OC. The van der Waals surface area contributed by atoms with E-state index in [0.29, 0.717) is 17.8 Å². The third-order valence-corrected chi connectivity index (χ3v) is 4.31. The van der Waals surface area contributed by atoms with Crippen LogP contribution in [0.1, 0.15) is 18.9 Å². The molecule has 0 radical (unpaired) electrons. The van der Waals surface area contributed by atoms with Gasteiger partial charge in [-0.3, -0.25) is 4.90 Å². The fraction of sp³-hybridized carbons (Fsp3) is 0.600. The minimum atomic E-state index is 0.481. The molecule has 2 unspecified atom stereocenters. The molecule has 2 atom stereocenters. The molecule has 4 heteroatoms. The summed E-state index contributed by atoms with van der Waals surface area (Å²) < 4.78 is 10.6. The summed E-state index contributed by atoms with van der Waals surface area (Å²) in [6.45, 7) is 4.32. The van der Waals surface area contributed by atoms with Crippen LogP contribution in [0.5, 0.6) is 11.5 Å². The topological polar surface area (TPSA) is 21.7 Å². The van der Waals surface area contributed by atoms with Gasteiger partial charge in [-0.05, 0) is 36.6 Å². The molecule has 3 nitrogen and oxygen atoms in total. The highest BCUT2D eigenvalue weighted by atomic mass is 35.5. The zero-order valence-electron chi connectivity index (χ0n) is 11.9. The van der Waals surface area contributed by atoms with Gasteiger partial charge in [0.2, 0.25) is 0 Å². The summed E-state index contributed by atoms with van der Waals surface area (Å²) in [7, 11) is 3.32. The Kier molecular flexibility index (Phi) is 4.94. The molecule has 0 amide bonds. The summed E-state index contributed by atoms with van der Waals surface area (Å²) in [6.07, 6.45) is 1.23. The largest absolute Gasteiger partial charge is 0.493 e. The molecule has 0 aromatic heterocycles. The van der Waals surface area contributed by atoms with Crippen LogP contribution in [0.25, 0.3) is 0 Å². The second-order valence-electron chi connectivity index (χ2n) is 5.15. The molecule has 106 valence electrons. The summed E-state index contributed by atoms with van der Waals surface area (Å²) in [6, 6.07) is 6.58. The second-order valence-corrected chi connectivity index (χ2v) is 5.46. The highest BCUT2D eigenvalue weighted by molar-refractivity contribution is 6.18. The van der Waals surface area contributed by atoms with E-state index in [1.54, 1.807) is 14.2 Å². The van der Waals surface area contributed by atoms with Gasteiger partial charge >= 0.3 is 0 Å². The first-order valence-corrected chi connectivity index (χ1v) is 7.24. The Bertz CT molecular complexity index is 425. The summed E-state index contributed by atoms with van der Waals surface area (Å²) in [4.78, 5) is 2.46. The quantitative estimate of drug-likeness (QED) is 0.775. The van der Waals surface area contributed by atoms with E-state index in [2.05, 4.69) is 17.9 Å². The van der Waals surface area contributed by atoms with Crippen LogP contribution in [-0.2, 0) is 6.54 Å². The number of rotatable bonds is 5. The molecule has 1 aliphatic rings. The van der Waals surface area contributed by atoms with Gasteiger partial charge in [0.1, 0.15) is 0 Å². The van der Waals surface area contributed by atoms with Crippen LogP contribution in [-0.4, -0.2) is 37.6 Å². The van der Waals surface area contributed by atoms with Gasteiger partial charge in [-0.15, -0.1) is 11.6 Å². The smallest absolute Gasteiger partial charge is 0.161 e. The molecule has 1 aromatic carbocycles. The summed E-state index contributed by atoms with van der Waals surface area (Å²) in [5, 5.41) is 0. The summed E-state index contributed by atoms with van der Waals surface area (Å²) >= 11 is 6.08. The van der Waals surface area contributed by atoms with Gasteiger partial charge in [0.05, 0.1) is 14.2 Å². The van der Waals surface area contributed by atoms with E-state index < -0.39 is 0 Å². The average Bonchev–Trinajstić information content (AvgIpc) is 2.78. The standard InChI is InChI=1S/C15H22ClNO2/c1-11-6-7-17(13(11)9-16)10-12-4-5-14(18-2)15(8-12)19-3/h4-5,8,11,13H,6-7,9-10H2,1-3H3. The average molecular weight is 284 g/mol. The first-order chi connectivity index (χ1) is 9.19. The number of hydrogen-bond donors (Lipinski definition) is 0. The number of halogens is 1. The molecule has 0 aliphatic carbocycles. The Labute approximate surface area is 120 Å². The number of nitrogens with zero attached hydrogens (tertiary/aromatic N) is 1. The van der Waals surface area contributed by atoms with E-state index in [9.17, 15) is 0 Å². The maximum atomic E-state index is 6.08. The minimum Gasteiger partial charge on any atom is -0.493 e. The van der Waals surface area contributed by atoms with Crippen molar-refractivity contribution in [1.29, 1.82) is 0 Å². The van der Waals surface area contributed by atoms with Crippen molar-refractivity contribution in [3.63, 3.8) is 0 Å². The normalized spacial score (nSPS) is 23.6. The highest BCUT2D eigenvalue weighted by Gasteiger charge is 2.30. The van der Waals surface area contributed by atoms with E-state index in [4.69, 9.17) is 21.1 Å². The number of likely N-dealkylation sites (tertiary alicyclic amines) is 1. The second kappa shape index (κ2) is 6.49. The molecule has 1 saturated heterocycles. The van der Waals surface area contributed by atoms with Crippen LogP contribution >= 0.6 is 11.6 Å². The molecular weight excluding hydrogens is 262 g/mol. The highest BCUT2D eigenvalue weighted by Crippen LogP contribution is 2.30. The molecule has 1 aliphatic heterocycles. The molecule has 0 spiro atoms. The zero-order chi connectivity index (χ0) is 13.8. The number of alkyl halides is 1. The third-order valence-electron chi connectivity index (χ3n) is 3.99. The lowest BCUT2D eigenvalue weighted by Gasteiger charge is -2.25. The fourth-order valence-electron chi connectivity index (χ4n) is 2.75. The van der Waals surface area contributed by atoms with Gasteiger partial charge in [-0.25, -0.2) is 0 Å². The third kappa shape index (κ3) is 3.15. The molecule has 0 bridgehead atoms. The Morgan fingerprint density at radius 3 is 2.63 bits per heavy atom. The predicted octanol–water partition coefficient (Wildman–Crippen LogP) is 3.15. The first-order valence-electron chi connectivity index (χ1n) is 6.70. The maximum absolute atomic E-state index is 6.08. The van der Waals surface area contributed by atoms with E-state index >= 15 is 0 Å². The lowest BCUT2D eigenvalue weighted by molar-refractivity contribution is 0.241. The summed E-state index contributed by atoms with van der Waals surface area (Å²) in [5.74, 6) is 2.94. The van der Waals surface area contributed by atoms with Gasteiger partial charge < -0.3 is 9.47 Å². The van der Waals surface area contributed by atoms with Crippen molar-refractivity contribution in [3.05, 3.63) is 23.8 Å². The van der Waals surface area contributed by atoms with Crippen LogP contribution in [0.15, 0.2) is 18.2 Å². The van der Waals surface area contributed by atoms with Crippen molar-refractivity contribution >= 4 is 11.6 Å². The van der Waals surface area contributed by atoms with Gasteiger partial charge in [0.15, 0.2) is 11.5 Å². The van der Waals surface area contributed by atoms with Gasteiger partial charge in [0.25, 0.3) is 0 Å². The van der Waals surface area contributed by atoms with Crippen molar-refractivity contribution in [2.45, 2.75) is 25.9 Å². The van der Waals surface area contributed by atoms with Crippen molar-refractivity contribution in [1.82, 2.24) is 4.90 Å². The van der Waals surface area contributed by atoms with E-state index in [-0.39, 0.29) is 0 Å². The minimum absolute atomic E-state index is 0.481. The van der Waals surface area contributed by atoms with E-state index in [1.165, 1.54) is 12.0 Å². The molecule has 19 heavy (non-hydrogen) atoms. The van der Waals surface area contributed by atoms with Crippen molar-refractivity contribution in [2.24, 2.45) is 5.92 Å². The van der Waals surface area contributed by atoms with E-state index in [0.717, 1.165) is 24.6 Å². The number of methoxy groups -OCH3 is 2. The van der Waals surface area contributed by atoms with Crippen LogP contribution in [0.2, 0.25) is 0 Å². The number of benzene rings is 1. The van der Waals surface area contributed by atoms with Crippen LogP contribution < -0.4 is 9.47 Å². The van der Waals surface area contributed by atoms with Crippen LogP contribution in [0.4, 0.5) is 0 Å².